The Hall–Kier alpha value is 0.610. The average molecular weight is 282 g/mol. The predicted molar refractivity (Wildman–Crippen MR) is 55.6 cm³/mol. The molecule has 0 aliphatic rings. The summed E-state index contributed by atoms with van der Waals surface area (Å²) in [5, 5.41) is 1.07. The van der Waals surface area contributed by atoms with E-state index in [2.05, 4.69) is 62.2 Å². The minimum Gasteiger partial charge on any atom is -0.0620 e. The Morgan fingerprint density at radius 1 is 1.20 bits per heavy atom. The Morgan fingerprint density at radius 3 is 2.20 bits per heavy atom. The maximum absolute atomic E-state index is 3.51. The minimum atomic E-state index is -0.291. The number of hydrogen-bond acceptors (Lipinski definition) is 0. The Kier molecular flexibility index (Phi) is 3.35. The second-order valence-electron chi connectivity index (χ2n) is 2.02. The third-order valence-electron chi connectivity index (χ3n) is 1.30. The van der Waals surface area contributed by atoms with Gasteiger partial charge in [-0.05, 0) is 43.5 Å². The third kappa shape index (κ3) is 2.05. The highest BCUT2D eigenvalue weighted by atomic mass is 79.9. The van der Waals surface area contributed by atoms with Crippen LogP contribution in [0.1, 0.15) is 5.56 Å². The van der Waals surface area contributed by atoms with Gasteiger partial charge in [0.2, 0.25) is 0 Å². The molecule has 10 heavy (non-hydrogen) atoms. The molecule has 0 atom stereocenters. The van der Waals surface area contributed by atoms with E-state index in [0.29, 0.717) is 0 Å². The molecule has 54 valence electrons. The van der Waals surface area contributed by atoms with Gasteiger partial charge in [-0.3, -0.25) is 0 Å². The van der Waals surface area contributed by atoms with Gasteiger partial charge in [-0.2, -0.15) is 0 Å². The van der Waals surface area contributed by atoms with Crippen LogP contribution in [0.4, 0.5) is 0 Å². The molecule has 0 bridgehead atoms. The van der Waals surface area contributed by atoms with E-state index in [4.69, 9.17) is 0 Å². The Balaban J connectivity index is 3.03. The molecule has 0 spiro atoms. The van der Waals surface area contributed by atoms with E-state index >= 15 is 0 Å². The van der Waals surface area contributed by atoms with Crippen molar-refractivity contribution in [2.24, 2.45) is 0 Å². The van der Waals surface area contributed by atoms with Gasteiger partial charge in [-0.25, -0.2) is 0 Å². The minimum absolute atomic E-state index is 0.291. The van der Waals surface area contributed by atoms with Crippen molar-refractivity contribution in [3.05, 3.63) is 29.8 Å². The van der Waals surface area contributed by atoms with E-state index < -0.39 is 0 Å². The van der Waals surface area contributed by atoms with Crippen molar-refractivity contribution in [1.82, 2.24) is 0 Å². The summed E-state index contributed by atoms with van der Waals surface area (Å²) in [5.74, 6) is 0. The summed E-state index contributed by atoms with van der Waals surface area (Å²) >= 11 is 7.03. The van der Waals surface area contributed by atoms with E-state index in [0.717, 1.165) is 0 Å². The predicted octanol–water partition coefficient (Wildman–Crippen LogP) is 3.72. The van der Waals surface area contributed by atoms with Gasteiger partial charge in [0.15, 0.2) is 0 Å². The molecule has 0 radical (unpaired) electrons. The molecular formula is C7H7Br2P. The monoisotopic (exact) mass is 280 g/mol. The van der Waals surface area contributed by atoms with Crippen molar-refractivity contribution >= 4 is 41.6 Å². The number of aryl methyl sites for hydroxylation is 1. The molecule has 0 heterocycles. The number of rotatable bonds is 1. The van der Waals surface area contributed by atoms with Gasteiger partial charge < -0.3 is 0 Å². The van der Waals surface area contributed by atoms with Crippen LogP contribution >= 0.6 is 36.3 Å². The fourth-order valence-corrected chi connectivity index (χ4v) is 3.68. The van der Waals surface area contributed by atoms with E-state index in [1.54, 1.807) is 0 Å². The molecule has 0 amide bonds. The largest absolute Gasteiger partial charge is 0.0657 e. The van der Waals surface area contributed by atoms with Gasteiger partial charge in [0, 0.05) is 5.30 Å². The van der Waals surface area contributed by atoms with Crippen LogP contribution in [0.2, 0.25) is 0 Å². The molecule has 0 unspecified atom stereocenters. The average Bonchev–Trinajstić information content (AvgIpc) is 1.88. The van der Waals surface area contributed by atoms with E-state index in [1.807, 2.05) is 0 Å². The van der Waals surface area contributed by atoms with Crippen molar-refractivity contribution in [3.63, 3.8) is 0 Å². The van der Waals surface area contributed by atoms with Crippen molar-refractivity contribution in [2.45, 2.75) is 6.92 Å². The van der Waals surface area contributed by atoms with Crippen LogP contribution in [0, 0.1) is 6.92 Å². The first-order valence-corrected chi connectivity index (χ1v) is 8.27. The van der Waals surface area contributed by atoms with Crippen molar-refractivity contribution in [1.29, 1.82) is 0 Å². The van der Waals surface area contributed by atoms with Crippen LogP contribution < -0.4 is 5.30 Å². The summed E-state index contributed by atoms with van der Waals surface area (Å²) in [6.45, 7) is 2.12. The standard InChI is InChI=1S/C7H7Br2P/c1-6-4-2-3-5-7(6)10(8)9/h2-5H,1H3. The summed E-state index contributed by atoms with van der Waals surface area (Å²) < 4.78 is 0. The first-order valence-electron chi connectivity index (χ1n) is 2.89. The third-order valence-corrected chi connectivity index (χ3v) is 4.46. The molecule has 0 aromatic heterocycles. The SMILES string of the molecule is Cc1ccccc1P(Br)Br. The van der Waals surface area contributed by atoms with Gasteiger partial charge in [0.25, 0.3) is 0 Å². The molecule has 0 saturated carbocycles. The van der Waals surface area contributed by atoms with Gasteiger partial charge in [0.1, 0.15) is 0 Å². The van der Waals surface area contributed by atoms with Crippen molar-refractivity contribution < 1.29 is 0 Å². The summed E-state index contributed by atoms with van der Waals surface area (Å²) in [6, 6.07) is 8.36. The Morgan fingerprint density at radius 2 is 1.80 bits per heavy atom. The molecule has 3 heteroatoms. The van der Waals surface area contributed by atoms with Crippen LogP contribution in [-0.4, -0.2) is 0 Å². The normalized spacial score (nSPS) is 10.4. The molecule has 0 fully saturated rings. The van der Waals surface area contributed by atoms with Crippen LogP contribution in [0.3, 0.4) is 0 Å². The zero-order valence-corrected chi connectivity index (χ0v) is 9.58. The fourth-order valence-electron chi connectivity index (χ4n) is 0.753. The summed E-state index contributed by atoms with van der Waals surface area (Å²) in [6.07, 6.45) is 0. The van der Waals surface area contributed by atoms with Crippen LogP contribution in [0.25, 0.3) is 0 Å². The molecule has 1 rings (SSSR count). The van der Waals surface area contributed by atoms with Gasteiger partial charge in [-0.1, -0.05) is 24.3 Å². The van der Waals surface area contributed by atoms with Crippen LogP contribution in [-0.2, 0) is 0 Å². The second kappa shape index (κ2) is 3.85. The number of benzene rings is 1. The molecule has 0 N–H and O–H groups in total. The zero-order valence-electron chi connectivity index (χ0n) is 5.51. The molecular weight excluding hydrogens is 275 g/mol. The molecule has 0 nitrogen and oxygen atoms in total. The van der Waals surface area contributed by atoms with Gasteiger partial charge >= 0.3 is 0 Å². The lowest BCUT2D eigenvalue weighted by Crippen LogP contribution is -1.97. The highest BCUT2D eigenvalue weighted by molar-refractivity contribution is 9.70. The Bertz CT molecular complexity index is 223. The van der Waals surface area contributed by atoms with E-state index in [9.17, 15) is 0 Å². The molecule has 1 aromatic rings. The fraction of sp³-hybridized carbons (Fsp3) is 0.143. The summed E-state index contributed by atoms with van der Waals surface area (Å²) in [4.78, 5) is 0. The highest BCUT2D eigenvalue weighted by Crippen LogP contribution is 2.51. The lowest BCUT2D eigenvalue weighted by atomic mass is 10.2. The summed E-state index contributed by atoms with van der Waals surface area (Å²) in [5.41, 5.74) is 1.34. The smallest absolute Gasteiger partial charge is 0.0620 e. The zero-order chi connectivity index (χ0) is 7.56. The van der Waals surface area contributed by atoms with Crippen molar-refractivity contribution in [2.75, 3.05) is 0 Å². The van der Waals surface area contributed by atoms with Crippen molar-refractivity contribution in [3.8, 4) is 0 Å². The second-order valence-corrected chi connectivity index (χ2v) is 10.1. The van der Waals surface area contributed by atoms with Gasteiger partial charge in [-0.15, -0.1) is 0 Å². The molecule has 0 aliphatic heterocycles. The Labute approximate surface area is 78.3 Å². The molecule has 1 aromatic carbocycles. The quantitative estimate of drug-likeness (QED) is 0.688. The first kappa shape index (κ1) is 8.70. The molecule has 0 aliphatic carbocycles. The van der Waals surface area contributed by atoms with E-state index in [-0.39, 0.29) is 5.33 Å². The number of halogens is 2. The summed E-state index contributed by atoms with van der Waals surface area (Å²) in [7, 11) is 0. The maximum atomic E-state index is 3.51. The first-order chi connectivity index (χ1) is 4.72. The van der Waals surface area contributed by atoms with Crippen LogP contribution in [0.5, 0.6) is 0 Å². The lowest BCUT2D eigenvalue weighted by Gasteiger charge is -2.03. The lowest BCUT2D eigenvalue weighted by molar-refractivity contribution is 1.52. The molecule has 0 saturated heterocycles. The highest BCUT2D eigenvalue weighted by Gasteiger charge is 2.03. The maximum Gasteiger partial charge on any atom is 0.0657 e. The van der Waals surface area contributed by atoms with E-state index in [1.165, 1.54) is 10.9 Å². The topological polar surface area (TPSA) is 0 Å². The van der Waals surface area contributed by atoms with Crippen LogP contribution in [0.15, 0.2) is 24.3 Å². The van der Waals surface area contributed by atoms with Gasteiger partial charge in [0.05, 0.1) is 5.33 Å². The number of hydrogen-bond donors (Lipinski definition) is 0.